The van der Waals surface area contributed by atoms with Crippen molar-refractivity contribution in [2.75, 3.05) is 4.90 Å². The summed E-state index contributed by atoms with van der Waals surface area (Å²) in [6, 6.07) is 14.1. The van der Waals surface area contributed by atoms with E-state index < -0.39 is 5.97 Å². The van der Waals surface area contributed by atoms with E-state index in [-0.39, 0.29) is 54.6 Å². The Balaban J connectivity index is 1.38. The molecule has 6 rings (SSSR count). The van der Waals surface area contributed by atoms with Gasteiger partial charge >= 0.3 is 5.97 Å². The van der Waals surface area contributed by atoms with Crippen LogP contribution >= 0.6 is 11.6 Å². The van der Waals surface area contributed by atoms with Gasteiger partial charge < -0.3 is 14.9 Å². The second-order valence-electron chi connectivity index (χ2n) is 10.8. The molecule has 1 aliphatic heterocycles. The first kappa shape index (κ1) is 23.5. The smallest absolute Gasteiger partial charge is 0.303 e. The van der Waals surface area contributed by atoms with Gasteiger partial charge in [0.25, 0.3) is 0 Å². The normalized spacial score (nSPS) is 24.7. The maximum Gasteiger partial charge on any atom is 0.303 e. The van der Waals surface area contributed by atoms with Gasteiger partial charge in [0.1, 0.15) is 0 Å². The molecular formula is C29H31ClN2O4. The molecule has 2 aromatic carbocycles. The Morgan fingerprint density at radius 1 is 0.972 bits per heavy atom. The van der Waals surface area contributed by atoms with Crippen molar-refractivity contribution < 1.29 is 19.5 Å². The van der Waals surface area contributed by atoms with Gasteiger partial charge in [-0.15, -0.1) is 0 Å². The van der Waals surface area contributed by atoms with Crippen molar-refractivity contribution in [3.05, 3.63) is 64.2 Å². The zero-order valence-corrected chi connectivity index (χ0v) is 21.0. The van der Waals surface area contributed by atoms with Crippen LogP contribution in [0.15, 0.2) is 42.5 Å². The van der Waals surface area contributed by atoms with E-state index in [0.717, 1.165) is 56.2 Å². The standard InChI is InChI=1S/C29H31ClN2O4/c30-20-8-11-23-25(16-20)32(29(36)19-14-17-4-1-2-5-18(17)15-19)24-7-3-6-22(24)28(23)31(21-9-10-21)26(33)12-13-27(34)35/h1-2,4-5,8,11,16,19,21-22,24,28H,3,6-7,9-10,12-15H2,(H,34,35)/t22-,24+,28+/m0/s1. The predicted molar refractivity (Wildman–Crippen MR) is 137 cm³/mol. The number of anilines is 1. The minimum Gasteiger partial charge on any atom is -0.481 e. The molecular weight excluding hydrogens is 476 g/mol. The lowest BCUT2D eigenvalue weighted by atomic mass is 9.80. The van der Waals surface area contributed by atoms with E-state index in [1.807, 2.05) is 40.1 Å². The van der Waals surface area contributed by atoms with Crippen molar-refractivity contribution in [3.63, 3.8) is 0 Å². The van der Waals surface area contributed by atoms with E-state index in [0.29, 0.717) is 5.02 Å². The molecule has 0 radical (unpaired) electrons. The van der Waals surface area contributed by atoms with Crippen molar-refractivity contribution >= 4 is 35.1 Å². The zero-order chi connectivity index (χ0) is 25.0. The monoisotopic (exact) mass is 506 g/mol. The van der Waals surface area contributed by atoms with Crippen LogP contribution in [0.5, 0.6) is 0 Å². The minimum absolute atomic E-state index is 0.00558. The summed E-state index contributed by atoms with van der Waals surface area (Å²) in [5, 5.41) is 9.76. The van der Waals surface area contributed by atoms with E-state index in [4.69, 9.17) is 11.6 Å². The highest BCUT2D eigenvalue weighted by atomic mass is 35.5. The largest absolute Gasteiger partial charge is 0.481 e. The van der Waals surface area contributed by atoms with Crippen molar-refractivity contribution in [3.8, 4) is 0 Å². The molecule has 0 unspecified atom stereocenters. The third-order valence-electron chi connectivity index (χ3n) is 8.56. The van der Waals surface area contributed by atoms with Crippen molar-refractivity contribution in [2.24, 2.45) is 11.8 Å². The summed E-state index contributed by atoms with van der Waals surface area (Å²) in [5.41, 5.74) is 4.31. The Bertz CT molecular complexity index is 1200. The molecule has 1 N–H and O–H groups in total. The average molecular weight is 507 g/mol. The van der Waals surface area contributed by atoms with Crippen LogP contribution < -0.4 is 4.90 Å². The average Bonchev–Trinajstić information content (AvgIpc) is 3.40. The van der Waals surface area contributed by atoms with Crippen molar-refractivity contribution in [1.82, 2.24) is 4.90 Å². The first-order chi connectivity index (χ1) is 17.4. The molecule has 3 aliphatic carbocycles. The number of hydrogen-bond donors (Lipinski definition) is 1. The molecule has 0 aromatic heterocycles. The van der Waals surface area contributed by atoms with Gasteiger partial charge in [-0.25, -0.2) is 0 Å². The summed E-state index contributed by atoms with van der Waals surface area (Å²) in [5.74, 6) is -0.852. The molecule has 0 spiro atoms. The fourth-order valence-electron chi connectivity index (χ4n) is 6.89. The molecule has 2 amide bonds. The molecule has 1 heterocycles. The second kappa shape index (κ2) is 9.22. The van der Waals surface area contributed by atoms with Crippen molar-refractivity contribution in [1.29, 1.82) is 0 Å². The van der Waals surface area contributed by atoms with Gasteiger partial charge in [0.05, 0.1) is 18.2 Å². The topological polar surface area (TPSA) is 77.9 Å². The SMILES string of the molecule is O=C(O)CCC(=O)N(C1CC1)[C@H]1c2ccc(Cl)cc2N(C(=O)C2Cc3ccccc3C2)[C@@H]2CCC[C@@H]21. The summed E-state index contributed by atoms with van der Waals surface area (Å²) in [4.78, 5) is 42.8. The number of carbonyl (C=O) groups is 3. The Morgan fingerprint density at radius 2 is 1.69 bits per heavy atom. The summed E-state index contributed by atoms with van der Waals surface area (Å²) < 4.78 is 0. The molecule has 0 saturated heterocycles. The summed E-state index contributed by atoms with van der Waals surface area (Å²) in [6.45, 7) is 0. The number of aliphatic carboxylic acids is 1. The third kappa shape index (κ3) is 4.09. The van der Waals surface area contributed by atoms with Crippen LogP contribution in [0.25, 0.3) is 0 Å². The number of carboxylic acids is 1. The Labute approximate surface area is 216 Å². The summed E-state index contributed by atoms with van der Waals surface area (Å²) in [6.07, 6.45) is 6.09. The van der Waals surface area contributed by atoms with Crippen LogP contribution in [-0.4, -0.2) is 39.9 Å². The number of rotatable bonds is 6. The van der Waals surface area contributed by atoms with Gasteiger partial charge in [0.2, 0.25) is 11.8 Å². The van der Waals surface area contributed by atoms with Crippen LogP contribution in [0.2, 0.25) is 5.02 Å². The third-order valence-corrected chi connectivity index (χ3v) is 8.79. The van der Waals surface area contributed by atoms with E-state index in [9.17, 15) is 19.5 Å². The number of benzene rings is 2. The Morgan fingerprint density at radius 3 is 2.36 bits per heavy atom. The lowest BCUT2D eigenvalue weighted by molar-refractivity contribution is -0.143. The number of fused-ring (bicyclic) bond motifs is 3. The fourth-order valence-corrected chi connectivity index (χ4v) is 7.06. The molecule has 6 nitrogen and oxygen atoms in total. The van der Waals surface area contributed by atoms with Gasteiger partial charge in [-0.05, 0) is 67.3 Å². The first-order valence-corrected chi connectivity index (χ1v) is 13.5. The van der Waals surface area contributed by atoms with Gasteiger partial charge in [0, 0.05) is 35.4 Å². The zero-order valence-electron chi connectivity index (χ0n) is 20.2. The van der Waals surface area contributed by atoms with Crippen LogP contribution in [0, 0.1) is 11.8 Å². The highest BCUT2D eigenvalue weighted by molar-refractivity contribution is 6.31. The van der Waals surface area contributed by atoms with Gasteiger partial charge in [-0.1, -0.05) is 48.4 Å². The quantitative estimate of drug-likeness (QED) is 0.586. The van der Waals surface area contributed by atoms with Gasteiger partial charge in [-0.3, -0.25) is 14.4 Å². The highest BCUT2D eigenvalue weighted by Gasteiger charge is 2.52. The van der Waals surface area contributed by atoms with Crippen LogP contribution in [0.3, 0.4) is 0 Å². The number of carboxylic acid groups (broad SMARTS) is 1. The number of amides is 2. The van der Waals surface area contributed by atoms with Crippen LogP contribution in [-0.2, 0) is 27.2 Å². The molecule has 2 fully saturated rings. The molecule has 3 atom stereocenters. The summed E-state index contributed by atoms with van der Waals surface area (Å²) in [7, 11) is 0. The maximum atomic E-state index is 14.2. The molecule has 2 saturated carbocycles. The molecule has 188 valence electrons. The predicted octanol–water partition coefficient (Wildman–Crippen LogP) is 5.17. The first-order valence-electron chi connectivity index (χ1n) is 13.1. The van der Waals surface area contributed by atoms with E-state index in [2.05, 4.69) is 12.1 Å². The molecule has 7 heteroatoms. The van der Waals surface area contributed by atoms with E-state index >= 15 is 0 Å². The van der Waals surface area contributed by atoms with Gasteiger partial charge in [0.15, 0.2) is 0 Å². The van der Waals surface area contributed by atoms with Crippen LogP contribution in [0.4, 0.5) is 5.69 Å². The second-order valence-corrected chi connectivity index (χ2v) is 11.3. The maximum absolute atomic E-state index is 14.2. The highest BCUT2D eigenvalue weighted by Crippen LogP contribution is 2.53. The number of nitrogens with zero attached hydrogens (tertiary/aromatic N) is 2. The number of halogens is 1. The molecule has 2 aromatic rings. The Kier molecular flexibility index (Phi) is 6.03. The van der Waals surface area contributed by atoms with E-state index in [1.165, 1.54) is 11.1 Å². The van der Waals surface area contributed by atoms with Gasteiger partial charge in [-0.2, -0.15) is 0 Å². The summed E-state index contributed by atoms with van der Waals surface area (Å²) >= 11 is 6.49. The minimum atomic E-state index is -0.956. The Hall–Kier alpha value is -2.86. The molecule has 4 aliphatic rings. The molecule has 36 heavy (non-hydrogen) atoms. The number of hydrogen-bond acceptors (Lipinski definition) is 3. The molecule has 0 bridgehead atoms. The van der Waals surface area contributed by atoms with Crippen LogP contribution in [0.1, 0.15) is 67.7 Å². The van der Waals surface area contributed by atoms with E-state index in [1.54, 1.807) is 0 Å². The van der Waals surface area contributed by atoms with Crippen molar-refractivity contribution in [2.45, 2.75) is 75.9 Å². The number of carbonyl (C=O) groups excluding carboxylic acids is 2. The lowest BCUT2D eigenvalue weighted by Crippen LogP contribution is -2.54. The lowest BCUT2D eigenvalue weighted by Gasteiger charge is -2.48. The fraction of sp³-hybridized carbons (Fsp3) is 0.483.